The van der Waals surface area contributed by atoms with E-state index in [2.05, 4.69) is 0 Å². The fraction of sp³-hybridized carbons (Fsp3) is 0.125. The van der Waals surface area contributed by atoms with Crippen LogP contribution >= 0.6 is 77.4 Å². The number of rotatable bonds is 12. The fourth-order valence-electron chi connectivity index (χ4n) is 3.07. The lowest BCUT2D eigenvalue weighted by atomic mass is 10.1. The molecule has 0 bridgehead atoms. The molecule has 38 heavy (non-hydrogen) atoms. The molecule has 0 spiro atoms. The van der Waals surface area contributed by atoms with Gasteiger partial charge in [-0.25, -0.2) is 0 Å². The lowest BCUT2D eigenvalue weighted by Gasteiger charge is -2.23. The van der Waals surface area contributed by atoms with Gasteiger partial charge in [0.05, 0.1) is 49.4 Å². The zero-order valence-electron chi connectivity index (χ0n) is 18.9. The normalized spacial score (nSPS) is 11.1. The predicted molar refractivity (Wildman–Crippen MR) is 149 cm³/mol. The molecule has 3 aromatic rings. The van der Waals surface area contributed by atoms with Crippen LogP contribution in [0.5, 0.6) is 17.2 Å². The van der Waals surface area contributed by atoms with Crippen LogP contribution in [0.4, 0.5) is 0 Å². The Kier molecular flexibility index (Phi) is 10.8. The Balaban J connectivity index is 2.24. The van der Waals surface area contributed by atoms with Crippen molar-refractivity contribution in [2.75, 3.05) is 17.6 Å². The molecule has 0 atom stereocenters. The van der Waals surface area contributed by atoms with Crippen molar-refractivity contribution in [3.8, 4) is 17.2 Å². The number of phosphoric acid groups is 1. The van der Waals surface area contributed by atoms with Crippen molar-refractivity contribution >= 4 is 94.8 Å². The molecule has 0 amide bonds. The third-order valence-corrected chi connectivity index (χ3v) is 7.62. The Bertz CT molecular complexity index is 1280. The largest absolute Gasteiger partial charge is 0.647 e. The predicted octanol–water partition coefficient (Wildman–Crippen LogP) is 8.56. The van der Waals surface area contributed by atoms with Crippen molar-refractivity contribution in [3.05, 3.63) is 86.4 Å². The molecule has 0 saturated carbocycles. The van der Waals surface area contributed by atoms with Crippen molar-refractivity contribution < 1.29 is 32.5 Å². The fourth-order valence-corrected chi connectivity index (χ4v) is 5.68. The first-order valence-corrected chi connectivity index (χ1v) is 14.6. The van der Waals surface area contributed by atoms with Gasteiger partial charge in [0.1, 0.15) is 0 Å². The summed E-state index contributed by atoms with van der Waals surface area (Å²) in [7, 11) is -5.04. The second-order valence-electron chi connectivity index (χ2n) is 7.24. The molecule has 200 valence electrons. The van der Waals surface area contributed by atoms with E-state index in [9.17, 15) is 18.9 Å². The van der Waals surface area contributed by atoms with Crippen molar-refractivity contribution in [2.24, 2.45) is 0 Å². The summed E-state index contributed by atoms with van der Waals surface area (Å²) in [5.74, 6) is -4.46. The van der Waals surface area contributed by atoms with Gasteiger partial charge in [-0.3, -0.25) is 14.4 Å². The summed E-state index contributed by atoms with van der Waals surface area (Å²) in [6.07, 6.45) is 0. The molecule has 0 fully saturated rings. The molecule has 0 aliphatic carbocycles. The van der Waals surface area contributed by atoms with Gasteiger partial charge >= 0.3 is 7.82 Å². The second kappa shape index (κ2) is 13.4. The number of benzene rings is 3. The quantitative estimate of drug-likeness (QED) is 0.109. The van der Waals surface area contributed by atoms with Gasteiger partial charge in [-0.2, -0.15) is 4.57 Å². The van der Waals surface area contributed by atoms with Crippen LogP contribution in [-0.2, 0) is 4.57 Å². The third kappa shape index (κ3) is 6.97. The highest BCUT2D eigenvalue weighted by atomic mass is 35.5. The number of hydrogen-bond acceptors (Lipinski definition) is 7. The Labute approximate surface area is 247 Å². The standard InChI is InChI=1S/C24H15Cl6O7P/c25-10-19(31)13-4-1-7-16(28)22(13)35-38(34,36-23-14(20(32)11-26)5-2-8-17(23)29)37-24-15(21(33)12-27)6-3-9-18(24)30/h1-9H,10-12H2. The number of halogens is 6. The number of ketones is 3. The maximum atomic E-state index is 14.3. The molecule has 0 aliphatic heterocycles. The number of para-hydroxylation sites is 3. The molecule has 0 heterocycles. The zero-order chi connectivity index (χ0) is 28.0. The molecular weight excluding hydrogens is 644 g/mol. The van der Waals surface area contributed by atoms with Gasteiger partial charge in [0, 0.05) is 0 Å². The number of Topliss-reactive ketones (excluding diaryl/α,β-unsaturated/α-hetero) is 3. The lowest BCUT2D eigenvalue weighted by molar-refractivity contribution is 0.101. The average Bonchev–Trinajstić information content (AvgIpc) is 2.90. The van der Waals surface area contributed by atoms with E-state index in [1.807, 2.05) is 0 Å². The Morgan fingerprint density at radius 1 is 0.553 bits per heavy atom. The average molecular weight is 659 g/mol. The summed E-state index contributed by atoms with van der Waals surface area (Å²) >= 11 is 35.9. The number of carbonyl (C=O) groups excluding carboxylic acids is 3. The van der Waals surface area contributed by atoms with Crippen LogP contribution in [0.3, 0.4) is 0 Å². The van der Waals surface area contributed by atoms with Gasteiger partial charge in [-0.15, -0.1) is 34.8 Å². The van der Waals surface area contributed by atoms with E-state index in [-0.39, 0.29) is 31.8 Å². The first-order valence-electron chi connectivity index (χ1n) is 10.4. The summed E-state index contributed by atoms with van der Waals surface area (Å²) in [6, 6.07) is 12.4. The van der Waals surface area contributed by atoms with E-state index in [0.29, 0.717) is 0 Å². The van der Waals surface area contributed by atoms with Gasteiger partial charge in [-0.1, -0.05) is 53.0 Å². The summed E-state index contributed by atoms with van der Waals surface area (Å²) in [5.41, 5.74) is -0.438. The highest BCUT2D eigenvalue weighted by molar-refractivity contribution is 7.49. The Morgan fingerprint density at radius 3 is 1.05 bits per heavy atom. The van der Waals surface area contributed by atoms with E-state index in [4.69, 9.17) is 83.2 Å². The number of phosphoric ester groups is 1. The highest BCUT2D eigenvalue weighted by Crippen LogP contribution is 2.55. The molecule has 0 saturated heterocycles. The Morgan fingerprint density at radius 2 is 0.816 bits per heavy atom. The second-order valence-corrected chi connectivity index (χ2v) is 10.7. The van der Waals surface area contributed by atoms with E-state index in [0.717, 1.165) is 0 Å². The van der Waals surface area contributed by atoms with E-state index >= 15 is 0 Å². The van der Waals surface area contributed by atoms with Gasteiger partial charge in [0.15, 0.2) is 34.6 Å². The smallest absolute Gasteiger partial charge is 0.384 e. The molecule has 3 rings (SSSR count). The molecule has 0 radical (unpaired) electrons. The third-order valence-electron chi connectivity index (χ3n) is 4.78. The van der Waals surface area contributed by atoms with Crippen LogP contribution in [-0.4, -0.2) is 35.0 Å². The molecular formula is C24H15Cl6O7P. The van der Waals surface area contributed by atoms with Crippen LogP contribution in [0.25, 0.3) is 0 Å². The first kappa shape index (κ1) is 30.6. The SMILES string of the molecule is O=C(CCl)c1cccc(Cl)c1OP(=O)(Oc1c(Cl)cccc1C(=O)CCl)Oc1c(Cl)cccc1C(=O)CCl. The van der Waals surface area contributed by atoms with Crippen LogP contribution in [0, 0.1) is 0 Å². The topological polar surface area (TPSA) is 96.0 Å². The van der Waals surface area contributed by atoms with Crippen LogP contribution in [0.15, 0.2) is 54.6 Å². The minimum Gasteiger partial charge on any atom is -0.384 e. The van der Waals surface area contributed by atoms with Crippen molar-refractivity contribution in [3.63, 3.8) is 0 Å². The number of hydrogen-bond donors (Lipinski definition) is 0. The van der Waals surface area contributed by atoms with Gasteiger partial charge in [-0.05, 0) is 36.4 Å². The van der Waals surface area contributed by atoms with Gasteiger partial charge in [0.25, 0.3) is 0 Å². The van der Waals surface area contributed by atoms with Crippen molar-refractivity contribution in [2.45, 2.75) is 0 Å². The van der Waals surface area contributed by atoms with Crippen molar-refractivity contribution in [1.82, 2.24) is 0 Å². The summed E-state index contributed by atoms with van der Waals surface area (Å²) in [6.45, 7) is 0. The minimum atomic E-state index is -5.04. The minimum absolute atomic E-state index is 0.146. The molecule has 0 N–H and O–H groups in total. The van der Waals surface area contributed by atoms with Crippen molar-refractivity contribution in [1.29, 1.82) is 0 Å². The van der Waals surface area contributed by atoms with E-state index in [1.54, 1.807) is 0 Å². The summed E-state index contributed by atoms with van der Waals surface area (Å²) < 4.78 is 31.2. The van der Waals surface area contributed by atoms with Crippen LogP contribution in [0.1, 0.15) is 31.1 Å². The lowest BCUT2D eigenvalue weighted by Crippen LogP contribution is -2.14. The zero-order valence-corrected chi connectivity index (χ0v) is 24.3. The van der Waals surface area contributed by atoms with E-state index < -0.39 is 60.1 Å². The Hall–Kier alpha value is -1.96. The molecule has 7 nitrogen and oxygen atoms in total. The number of carbonyl (C=O) groups is 3. The van der Waals surface area contributed by atoms with Crippen LogP contribution in [0.2, 0.25) is 15.1 Å². The van der Waals surface area contributed by atoms with Gasteiger partial charge < -0.3 is 13.6 Å². The number of alkyl halides is 3. The molecule has 3 aromatic carbocycles. The highest BCUT2D eigenvalue weighted by Gasteiger charge is 2.39. The molecule has 0 aromatic heterocycles. The molecule has 14 heteroatoms. The van der Waals surface area contributed by atoms with E-state index in [1.165, 1.54) is 54.6 Å². The molecule has 0 aliphatic rings. The summed E-state index contributed by atoms with van der Waals surface area (Å²) in [4.78, 5) is 37.4. The van der Waals surface area contributed by atoms with Crippen LogP contribution < -0.4 is 13.6 Å². The maximum absolute atomic E-state index is 14.3. The monoisotopic (exact) mass is 656 g/mol. The molecule has 0 unspecified atom stereocenters. The first-order chi connectivity index (χ1) is 18.0. The maximum Gasteiger partial charge on any atom is 0.647 e. The summed E-state index contributed by atoms with van der Waals surface area (Å²) in [5, 5.41) is -0.456. The van der Waals surface area contributed by atoms with Gasteiger partial charge in [0.2, 0.25) is 0 Å².